The number of esters is 1. The Hall–Kier alpha value is -0.790. The maximum absolute atomic E-state index is 12.5. The van der Waals surface area contributed by atoms with Crippen LogP contribution in [-0.4, -0.2) is 17.6 Å². The minimum absolute atomic E-state index is 0.146. The third-order valence-electron chi connectivity index (χ3n) is 1.59. The molecule has 0 radical (unpaired) electrons. The molecule has 0 bridgehead atoms. The molecule has 82 valence electrons. The van der Waals surface area contributed by atoms with Crippen LogP contribution in [0.25, 0.3) is 0 Å². The van der Waals surface area contributed by atoms with Crippen molar-refractivity contribution < 1.29 is 18.3 Å². The number of alkyl halides is 2. The molecule has 0 aliphatic heterocycles. The molecule has 0 aliphatic rings. The Morgan fingerprint density at radius 3 is 2.80 bits per heavy atom. The normalized spacial score (nSPS) is 10.5. The molecule has 0 N–H and O–H groups in total. The maximum atomic E-state index is 12.5. The molecule has 0 fully saturated rings. The predicted octanol–water partition coefficient (Wildman–Crippen LogP) is 2.80. The molecule has 0 unspecified atom stereocenters. The lowest BCUT2D eigenvalue weighted by Crippen LogP contribution is -2.10. The van der Waals surface area contributed by atoms with E-state index in [1.165, 1.54) is 12.1 Å². The fourth-order valence-electron chi connectivity index (χ4n) is 0.998. The van der Waals surface area contributed by atoms with Gasteiger partial charge in [-0.2, -0.15) is 0 Å². The molecule has 0 spiro atoms. The molecular weight excluding hydrogens is 319 g/mol. The van der Waals surface area contributed by atoms with Crippen LogP contribution in [0, 0.1) is 3.70 Å². The van der Waals surface area contributed by atoms with Crippen LogP contribution in [0.3, 0.4) is 0 Å². The van der Waals surface area contributed by atoms with Crippen molar-refractivity contribution in [1.82, 2.24) is 4.98 Å². The van der Waals surface area contributed by atoms with Gasteiger partial charge >= 0.3 is 5.97 Å². The van der Waals surface area contributed by atoms with E-state index in [1.54, 1.807) is 29.5 Å². The SMILES string of the molecule is CCOC(=O)c1ccc(I)nc1C(F)F. The number of carbonyl (C=O) groups is 1. The van der Waals surface area contributed by atoms with Crippen molar-refractivity contribution in [3.63, 3.8) is 0 Å². The van der Waals surface area contributed by atoms with Crippen molar-refractivity contribution in [1.29, 1.82) is 0 Å². The Bertz CT molecular complexity index is 371. The van der Waals surface area contributed by atoms with Gasteiger partial charge in [0.15, 0.2) is 0 Å². The zero-order valence-electron chi connectivity index (χ0n) is 7.84. The molecule has 6 heteroatoms. The van der Waals surface area contributed by atoms with E-state index in [0.717, 1.165) is 0 Å². The topological polar surface area (TPSA) is 39.2 Å². The first kappa shape index (κ1) is 12.3. The van der Waals surface area contributed by atoms with E-state index in [4.69, 9.17) is 0 Å². The van der Waals surface area contributed by atoms with Crippen LogP contribution in [0.4, 0.5) is 8.78 Å². The molecule has 0 saturated carbocycles. The molecule has 0 atom stereocenters. The van der Waals surface area contributed by atoms with Gasteiger partial charge < -0.3 is 4.74 Å². The highest BCUT2D eigenvalue weighted by Gasteiger charge is 2.21. The minimum atomic E-state index is -2.78. The van der Waals surface area contributed by atoms with E-state index in [0.29, 0.717) is 3.70 Å². The van der Waals surface area contributed by atoms with Crippen molar-refractivity contribution >= 4 is 28.6 Å². The molecule has 0 amide bonds. The lowest BCUT2D eigenvalue weighted by atomic mass is 10.2. The molecule has 1 heterocycles. The molecule has 0 aliphatic carbocycles. The Morgan fingerprint density at radius 2 is 2.27 bits per heavy atom. The Labute approximate surface area is 99.0 Å². The van der Waals surface area contributed by atoms with Crippen molar-refractivity contribution in [3.05, 3.63) is 27.1 Å². The van der Waals surface area contributed by atoms with Gasteiger partial charge in [0, 0.05) is 0 Å². The van der Waals surface area contributed by atoms with Gasteiger partial charge in [-0.15, -0.1) is 0 Å². The summed E-state index contributed by atoms with van der Waals surface area (Å²) in [7, 11) is 0. The fourth-order valence-corrected chi connectivity index (χ4v) is 1.44. The fraction of sp³-hybridized carbons (Fsp3) is 0.333. The predicted molar refractivity (Wildman–Crippen MR) is 57.9 cm³/mol. The average molecular weight is 327 g/mol. The molecule has 0 saturated heterocycles. The molecule has 15 heavy (non-hydrogen) atoms. The van der Waals surface area contributed by atoms with Gasteiger partial charge in [0.25, 0.3) is 6.43 Å². The van der Waals surface area contributed by atoms with E-state index < -0.39 is 18.1 Å². The smallest absolute Gasteiger partial charge is 0.340 e. The second kappa shape index (κ2) is 5.34. The average Bonchev–Trinajstić information content (AvgIpc) is 2.17. The van der Waals surface area contributed by atoms with E-state index in [1.807, 2.05) is 0 Å². The van der Waals surface area contributed by atoms with E-state index in [9.17, 15) is 13.6 Å². The highest BCUT2D eigenvalue weighted by Crippen LogP contribution is 2.22. The van der Waals surface area contributed by atoms with Crippen LogP contribution >= 0.6 is 22.6 Å². The largest absolute Gasteiger partial charge is 0.462 e. The quantitative estimate of drug-likeness (QED) is 0.487. The molecule has 1 aromatic heterocycles. The van der Waals surface area contributed by atoms with Crippen LogP contribution in [0.2, 0.25) is 0 Å². The van der Waals surface area contributed by atoms with Gasteiger partial charge in [-0.3, -0.25) is 0 Å². The molecule has 3 nitrogen and oxygen atoms in total. The summed E-state index contributed by atoms with van der Waals surface area (Å²) in [6, 6.07) is 2.78. The summed E-state index contributed by atoms with van der Waals surface area (Å²) in [6.07, 6.45) is -2.78. The number of halogens is 3. The Morgan fingerprint density at radius 1 is 1.60 bits per heavy atom. The first-order valence-corrected chi connectivity index (χ1v) is 5.25. The summed E-state index contributed by atoms with van der Waals surface area (Å²) in [6.45, 7) is 1.76. The van der Waals surface area contributed by atoms with Gasteiger partial charge in [-0.1, -0.05) is 0 Å². The highest BCUT2D eigenvalue weighted by molar-refractivity contribution is 14.1. The molecule has 1 rings (SSSR count). The van der Waals surface area contributed by atoms with Crippen LogP contribution in [0.5, 0.6) is 0 Å². The summed E-state index contributed by atoms with van der Waals surface area (Å²) < 4.78 is 30.1. The molecule has 0 aromatic carbocycles. The summed E-state index contributed by atoms with van der Waals surface area (Å²) >= 11 is 1.80. The van der Waals surface area contributed by atoms with Gasteiger partial charge in [-0.05, 0) is 41.6 Å². The van der Waals surface area contributed by atoms with Crippen LogP contribution in [-0.2, 0) is 4.74 Å². The van der Waals surface area contributed by atoms with Crippen molar-refractivity contribution in [2.75, 3.05) is 6.61 Å². The lowest BCUT2D eigenvalue weighted by molar-refractivity contribution is 0.0513. The number of pyridine rings is 1. The highest BCUT2D eigenvalue weighted by atomic mass is 127. The number of nitrogens with zero attached hydrogens (tertiary/aromatic N) is 1. The monoisotopic (exact) mass is 327 g/mol. The van der Waals surface area contributed by atoms with Gasteiger partial charge in [-0.25, -0.2) is 18.6 Å². The first-order chi connectivity index (χ1) is 7.06. The summed E-state index contributed by atoms with van der Waals surface area (Å²) in [5.74, 6) is -0.767. The standard InChI is InChI=1S/C9H8F2INO2/c1-2-15-9(14)5-3-4-6(12)13-7(5)8(10)11/h3-4,8H,2H2,1H3. The zero-order valence-corrected chi connectivity index (χ0v) is 9.99. The number of rotatable bonds is 3. The summed E-state index contributed by atoms with van der Waals surface area (Å²) in [4.78, 5) is 14.9. The third kappa shape index (κ3) is 3.08. The second-order valence-corrected chi connectivity index (χ2v) is 3.69. The third-order valence-corrected chi connectivity index (χ3v) is 2.19. The van der Waals surface area contributed by atoms with E-state index in [-0.39, 0.29) is 12.2 Å². The maximum Gasteiger partial charge on any atom is 0.340 e. The van der Waals surface area contributed by atoms with E-state index >= 15 is 0 Å². The van der Waals surface area contributed by atoms with Crippen LogP contribution in [0.1, 0.15) is 29.4 Å². The number of carbonyl (C=O) groups excluding carboxylic acids is 1. The zero-order chi connectivity index (χ0) is 11.4. The number of hydrogen-bond acceptors (Lipinski definition) is 3. The van der Waals surface area contributed by atoms with E-state index in [2.05, 4.69) is 9.72 Å². The van der Waals surface area contributed by atoms with Crippen molar-refractivity contribution in [2.45, 2.75) is 13.3 Å². The van der Waals surface area contributed by atoms with Gasteiger partial charge in [0.1, 0.15) is 9.39 Å². The summed E-state index contributed by atoms with van der Waals surface area (Å²) in [5, 5.41) is 0. The van der Waals surface area contributed by atoms with Gasteiger partial charge in [0.05, 0.1) is 12.2 Å². The number of ether oxygens (including phenoxy) is 1. The Kier molecular flexibility index (Phi) is 4.37. The van der Waals surface area contributed by atoms with Crippen LogP contribution in [0.15, 0.2) is 12.1 Å². The molecular formula is C9H8F2INO2. The summed E-state index contributed by atoms with van der Waals surface area (Å²) in [5.41, 5.74) is -0.701. The Balaban J connectivity index is 3.11. The lowest BCUT2D eigenvalue weighted by Gasteiger charge is -2.07. The first-order valence-electron chi connectivity index (χ1n) is 4.18. The second-order valence-electron chi connectivity index (χ2n) is 2.59. The number of hydrogen-bond donors (Lipinski definition) is 0. The van der Waals surface area contributed by atoms with Crippen molar-refractivity contribution in [3.8, 4) is 0 Å². The minimum Gasteiger partial charge on any atom is -0.462 e. The number of aromatic nitrogens is 1. The van der Waals surface area contributed by atoms with Gasteiger partial charge in [0.2, 0.25) is 0 Å². The van der Waals surface area contributed by atoms with Crippen LogP contribution < -0.4 is 0 Å². The molecule has 1 aromatic rings. The van der Waals surface area contributed by atoms with Crippen molar-refractivity contribution in [2.24, 2.45) is 0 Å².